The topological polar surface area (TPSA) is 39.2 Å². The summed E-state index contributed by atoms with van der Waals surface area (Å²) in [6.45, 7) is 0. The Kier molecular flexibility index (Phi) is 4.81. The number of para-hydroxylation sites is 1. The van der Waals surface area contributed by atoms with Crippen LogP contribution < -0.4 is 4.74 Å². The summed E-state index contributed by atoms with van der Waals surface area (Å²) in [5.41, 5.74) is 3.67. The highest BCUT2D eigenvalue weighted by Crippen LogP contribution is 2.29. The van der Waals surface area contributed by atoms with E-state index >= 15 is 0 Å². The minimum Gasteiger partial charge on any atom is -0.497 e. The maximum atomic E-state index is 12.4. The molecule has 0 saturated carbocycles. The van der Waals surface area contributed by atoms with Gasteiger partial charge in [0.2, 0.25) is 0 Å². The number of fused-ring (bicyclic) bond motifs is 1. The molecule has 0 saturated heterocycles. The molecule has 3 nitrogen and oxygen atoms in total. The van der Waals surface area contributed by atoms with E-state index in [4.69, 9.17) is 9.72 Å². The Hall–Kier alpha value is -3.24. The molecule has 0 N–H and O–H groups in total. The fraction of sp³-hybridized carbons (Fsp3) is 0.0435. The summed E-state index contributed by atoms with van der Waals surface area (Å²) >= 11 is 1.44. The van der Waals surface area contributed by atoms with Crippen molar-refractivity contribution in [3.8, 4) is 16.9 Å². The van der Waals surface area contributed by atoms with Crippen LogP contribution in [-0.4, -0.2) is 17.9 Å². The van der Waals surface area contributed by atoms with Gasteiger partial charge >= 0.3 is 0 Å². The summed E-state index contributed by atoms with van der Waals surface area (Å²) in [4.78, 5) is 17.9. The minimum atomic E-state index is -0.0133. The number of nitrogens with zero attached hydrogens (tertiary/aromatic N) is 1. The third kappa shape index (κ3) is 3.66. The van der Waals surface area contributed by atoms with Crippen LogP contribution in [0.25, 0.3) is 28.1 Å². The monoisotopic (exact) mass is 371 g/mol. The van der Waals surface area contributed by atoms with E-state index < -0.39 is 0 Å². The number of hydrogen-bond donors (Lipinski definition) is 0. The average molecular weight is 371 g/mol. The second kappa shape index (κ2) is 7.56. The molecule has 0 unspecified atom stereocenters. The second-order valence-electron chi connectivity index (χ2n) is 6.02. The van der Waals surface area contributed by atoms with Crippen molar-refractivity contribution in [2.45, 2.75) is 0 Å². The predicted octanol–water partition coefficient (Wildman–Crippen LogP) is 5.87. The Morgan fingerprint density at radius 3 is 2.59 bits per heavy atom. The molecule has 0 atom stereocenters. The lowest BCUT2D eigenvalue weighted by molar-refractivity contribution is 0.105. The van der Waals surface area contributed by atoms with Crippen LogP contribution >= 0.6 is 11.3 Å². The van der Waals surface area contributed by atoms with E-state index in [0.29, 0.717) is 0 Å². The number of carbonyl (C=O) groups excluding carboxylic acids is 1. The summed E-state index contributed by atoms with van der Waals surface area (Å²) in [5, 5.41) is 2.96. The van der Waals surface area contributed by atoms with Gasteiger partial charge in [0, 0.05) is 10.9 Å². The number of aromatic nitrogens is 1. The van der Waals surface area contributed by atoms with Gasteiger partial charge in [-0.15, -0.1) is 11.3 Å². The number of rotatable bonds is 5. The van der Waals surface area contributed by atoms with E-state index in [9.17, 15) is 4.79 Å². The predicted molar refractivity (Wildman–Crippen MR) is 111 cm³/mol. The lowest BCUT2D eigenvalue weighted by Gasteiger charge is -2.09. The van der Waals surface area contributed by atoms with Gasteiger partial charge in [-0.1, -0.05) is 36.4 Å². The Bertz CT molecular complexity index is 1110. The number of pyridine rings is 1. The molecule has 4 aromatic rings. The molecule has 0 aliphatic rings. The fourth-order valence-corrected chi connectivity index (χ4v) is 3.56. The number of allylic oxidation sites excluding steroid dienone is 1. The number of methoxy groups -OCH3 is 1. The van der Waals surface area contributed by atoms with Gasteiger partial charge in [-0.05, 0) is 53.4 Å². The Balaban J connectivity index is 1.80. The first-order valence-corrected chi connectivity index (χ1v) is 9.43. The van der Waals surface area contributed by atoms with Crippen LogP contribution in [0.4, 0.5) is 0 Å². The number of thiophene rings is 1. The number of hydrogen-bond acceptors (Lipinski definition) is 4. The molecular formula is C23H17NO2S. The van der Waals surface area contributed by atoms with Crippen molar-refractivity contribution < 1.29 is 9.53 Å². The molecule has 4 rings (SSSR count). The molecule has 0 aliphatic heterocycles. The summed E-state index contributed by atoms with van der Waals surface area (Å²) in [7, 11) is 1.65. The molecule has 27 heavy (non-hydrogen) atoms. The molecule has 2 heterocycles. The SMILES string of the molecule is COc1ccc(-c2cc3ccccc3nc2/C=C/C(=O)c2cccs2)cc1. The van der Waals surface area contributed by atoms with Crippen molar-refractivity contribution in [1.29, 1.82) is 0 Å². The summed E-state index contributed by atoms with van der Waals surface area (Å²) in [5.74, 6) is 0.790. The molecule has 0 bridgehead atoms. The van der Waals surface area contributed by atoms with Crippen molar-refractivity contribution in [2.75, 3.05) is 7.11 Å². The molecular weight excluding hydrogens is 354 g/mol. The molecule has 2 aromatic carbocycles. The van der Waals surface area contributed by atoms with E-state index in [2.05, 4.69) is 6.07 Å². The molecule has 2 aromatic heterocycles. The van der Waals surface area contributed by atoms with Crippen LogP contribution in [0.5, 0.6) is 5.75 Å². The van der Waals surface area contributed by atoms with Gasteiger partial charge in [0.15, 0.2) is 5.78 Å². The lowest BCUT2D eigenvalue weighted by atomic mass is 10.0. The first-order valence-electron chi connectivity index (χ1n) is 8.55. The highest BCUT2D eigenvalue weighted by molar-refractivity contribution is 7.12. The third-order valence-electron chi connectivity index (χ3n) is 4.31. The van der Waals surface area contributed by atoms with Crippen molar-refractivity contribution in [3.05, 3.63) is 88.8 Å². The first-order chi connectivity index (χ1) is 13.2. The first kappa shape index (κ1) is 17.2. The Labute approximate surface area is 161 Å². The van der Waals surface area contributed by atoms with Crippen LogP contribution in [0.1, 0.15) is 15.4 Å². The molecule has 0 spiro atoms. The van der Waals surface area contributed by atoms with E-state index in [-0.39, 0.29) is 5.78 Å². The average Bonchev–Trinajstić information content (AvgIpc) is 3.26. The molecule has 4 heteroatoms. The van der Waals surface area contributed by atoms with Crippen LogP contribution in [0.2, 0.25) is 0 Å². The van der Waals surface area contributed by atoms with Gasteiger partial charge in [-0.3, -0.25) is 4.79 Å². The van der Waals surface area contributed by atoms with Crippen LogP contribution in [0, 0.1) is 0 Å². The van der Waals surface area contributed by atoms with Crippen molar-refractivity contribution in [3.63, 3.8) is 0 Å². The number of ether oxygens (including phenoxy) is 1. The summed E-state index contributed by atoms with van der Waals surface area (Å²) < 4.78 is 5.25. The summed E-state index contributed by atoms with van der Waals surface area (Å²) in [6, 6.07) is 21.7. The standard InChI is InChI=1S/C23H17NO2S/c1-26-18-10-8-16(9-11-18)19-15-17-5-2-3-6-20(17)24-21(19)12-13-22(25)23-7-4-14-27-23/h2-15H,1H3/b13-12+. The van der Waals surface area contributed by atoms with Crippen LogP contribution in [0.3, 0.4) is 0 Å². The number of ketones is 1. The van der Waals surface area contributed by atoms with Gasteiger partial charge < -0.3 is 4.74 Å². The van der Waals surface area contributed by atoms with Crippen LogP contribution in [-0.2, 0) is 0 Å². The largest absolute Gasteiger partial charge is 0.497 e. The molecule has 0 radical (unpaired) electrons. The molecule has 0 fully saturated rings. The number of benzene rings is 2. The van der Waals surface area contributed by atoms with Gasteiger partial charge in [0.05, 0.1) is 23.2 Å². The van der Waals surface area contributed by atoms with Crippen molar-refractivity contribution in [2.24, 2.45) is 0 Å². The maximum Gasteiger partial charge on any atom is 0.195 e. The van der Waals surface area contributed by atoms with E-state index in [1.165, 1.54) is 11.3 Å². The second-order valence-corrected chi connectivity index (χ2v) is 6.96. The highest BCUT2D eigenvalue weighted by atomic mass is 32.1. The Morgan fingerprint density at radius 1 is 1.04 bits per heavy atom. The van der Waals surface area contributed by atoms with E-state index in [1.54, 1.807) is 19.3 Å². The van der Waals surface area contributed by atoms with Crippen molar-refractivity contribution >= 4 is 34.1 Å². The third-order valence-corrected chi connectivity index (χ3v) is 5.20. The molecule has 0 amide bonds. The quantitative estimate of drug-likeness (QED) is 0.325. The smallest absolute Gasteiger partial charge is 0.195 e. The van der Waals surface area contributed by atoms with E-state index in [1.807, 2.05) is 66.0 Å². The molecule has 132 valence electrons. The minimum absolute atomic E-state index is 0.0133. The highest BCUT2D eigenvalue weighted by Gasteiger charge is 2.09. The van der Waals surface area contributed by atoms with Gasteiger partial charge in [0.1, 0.15) is 5.75 Å². The zero-order chi connectivity index (χ0) is 18.6. The van der Waals surface area contributed by atoms with Crippen LogP contribution in [0.15, 0.2) is 78.2 Å². The van der Waals surface area contributed by atoms with E-state index in [0.717, 1.165) is 38.4 Å². The van der Waals surface area contributed by atoms with Gasteiger partial charge in [-0.2, -0.15) is 0 Å². The number of carbonyl (C=O) groups is 1. The van der Waals surface area contributed by atoms with Gasteiger partial charge in [-0.25, -0.2) is 4.98 Å². The summed E-state index contributed by atoms with van der Waals surface area (Å²) in [6.07, 6.45) is 3.39. The normalized spacial score (nSPS) is 11.1. The molecule has 0 aliphatic carbocycles. The Morgan fingerprint density at radius 2 is 1.85 bits per heavy atom. The van der Waals surface area contributed by atoms with Crippen molar-refractivity contribution in [1.82, 2.24) is 4.98 Å². The zero-order valence-corrected chi connectivity index (χ0v) is 15.6. The fourth-order valence-electron chi connectivity index (χ4n) is 2.92. The lowest BCUT2D eigenvalue weighted by Crippen LogP contribution is -1.93. The maximum absolute atomic E-state index is 12.4. The zero-order valence-electron chi connectivity index (χ0n) is 14.8. The van der Waals surface area contributed by atoms with Gasteiger partial charge in [0.25, 0.3) is 0 Å².